The van der Waals surface area contributed by atoms with Crippen molar-refractivity contribution < 1.29 is 14.3 Å². The Morgan fingerprint density at radius 2 is 2.33 bits per heavy atom. The maximum absolute atomic E-state index is 11.2. The van der Waals surface area contributed by atoms with Gasteiger partial charge in [-0.2, -0.15) is 0 Å². The van der Waals surface area contributed by atoms with Gasteiger partial charge in [0.2, 0.25) is 5.91 Å². The van der Waals surface area contributed by atoms with Crippen molar-refractivity contribution in [3.63, 3.8) is 0 Å². The van der Waals surface area contributed by atoms with Gasteiger partial charge in [-0.05, 0) is 13.3 Å². The lowest BCUT2D eigenvalue weighted by atomic mass is 10.1. The number of halogens is 1. The second-order valence-electron chi connectivity index (χ2n) is 3.54. The summed E-state index contributed by atoms with van der Waals surface area (Å²) in [5.41, 5.74) is 0. The Kier molecular flexibility index (Phi) is 4.84. The minimum atomic E-state index is -0.703. The van der Waals surface area contributed by atoms with E-state index in [1.165, 1.54) is 6.92 Å². The van der Waals surface area contributed by atoms with Crippen molar-refractivity contribution >= 4 is 23.5 Å². The third kappa shape index (κ3) is 4.48. The molecule has 1 aliphatic heterocycles. The highest BCUT2D eigenvalue weighted by Crippen LogP contribution is 2.10. The van der Waals surface area contributed by atoms with Crippen LogP contribution in [0.5, 0.6) is 0 Å². The van der Waals surface area contributed by atoms with E-state index in [-0.39, 0.29) is 0 Å². The number of carbonyl (C=O) groups excluding carboxylic acids is 2. The fourth-order valence-electron chi connectivity index (χ4n) is 1.24. The van der Waals surface area contributed by atoms with Crippen LogP contribution in [0.2, 0.25) is 0 Å². The number of alkyl halides is 1. The zero-order valence-electron chi connectivity index (χ0n) is 8.59. The maximum atomic E-state index is 11.2. The molecule has 0 bridgehead atoms. The molecule has 2 N–H and O–H groups in total. The van der Waals surface area contributed by atoms with E-state index in [0.717, 1.165) is 13.0 Å². The fraction of sp³-hybridized carbons (Fsp3) is 0.778. The van der Waals surface area contributed by atoms with Crippen molar-refractivity contribution in [3.05, 3.63) is 0 Å². The standard InChI is InChI=1S/C9H15ClN2O3/c1-6(10)8(13)12-9(14)11-4-7-2-3-15-5-7/h6-7H,2-5H2,1H3,(H2,11,12,13,14). The first-order valence-electron chi connectivity index (χ1n) is 4.90. The van der Waals surface area contributed by atoms with Crippen LogP contribution in [0.1, 0.15) is 13.3 Å². The smallest absolute Gasteiger partial charge is 0.321 e. The van der Waals surface area contributed by atoms with Crippen molar-refractivity contribution in [2.75, 3.05) is 19.8 Å². The van der Waals surface area contributed by atoms with E-state index in [1.54, 1.807) is 0 Å². The van der Waals surface area contributed by atoms with Gasteiger partial charge in [-0.25, -0.2) is 4.79 Å². The van der Waals surface area contributed by atoms with Crippen LogP contribution in [0.4, 0.5) is 4.79 Å². The Morgan fingerprint density at radius 3 is 2.87 bits per heavy atom. The van der Waals surface area contributed by atoms with Gasteiger partial charge >= 0.3 is 6.03 Å². The van der Waals surface area contributed by atoms with E-state index in [2.05, 4.69) is 10.6 Å². The van der Waals surface area contributed by atoms with Gasteiger partial charge in [0.15, 0.2) is 0 Å². The number of rotatable bonds is 3. The van der Waals surface area contributed by atoms with Crippen LogP contribution < -0.4 is 10.6 Å². The Labute approximate surface area is 93.5 Å². The zero-order chi connectivity index (χ0) is 11.3. The van der Waals surface area contributed by atoms with E-state index in [9.17, 15) is 9.59 Å². The van der Waals surface area contributed by atoms with E-state index >= 15 is 0 Å². The molecule has 1 aliphatic rings. The number of hydrogen-bond donors (Lipinski definition) is 2. The molecule has 6 heteroatoms. The molecule has 0 saturated carbocycles. The SMILES string of the molecule is CC(Cl)C(=O)NC(=O)NCC1CCOC1. The van der Waals surface area contributed by atoms with Crippen LogP contribution in [0.3, 0.4) is 0 Å². The number of ether oxygens (including phenoxy) is 1. The van der Waals surface area contributed by atoms with Crippen molar-refractivity contribution in [1.29, 1.82) is 0 Å². The highest BCUT2D eigenvalue weighted by Gasteiger charge is 2.17. The Morgan fingerprint density at radius 1 is 1.60 bits per heavy atom. The number of imide groups is 1. The van der Waals surface area contributed by atoms with Crippen molar-refractivity contribution in [2.45, 2.75) is 18.7 Å². The van der Waals surface area contributed by atoms with Gasteiger partial charge < -0.3 is 10.1 Å². The van der Waals surface area contributed by atoms with E-state index in [0.29, 0.717) is 19.1 Å². The summed E-state index contributed by atoms with van der Waals surface area (Å²) in [5, 5.41) is 4.04. The number of urea groups is 1. The normalized spacial score (nSPS) is 22.1. The Bertz CT molecular complexity index is 240. The van der Waals surface area contributed by atoms with Crippen LogP contribution in [0, 0.1) is 5.92 Å². The molecule has 1 saturated heterocycles. The zero-order valence-corrected chi connectivity index (χ0v) is 9.34. The first kappa shape index (κ1) is 12.3. The fourth-order valence-corrected chi connectivity index (χ4v) is 1.29. The second-order valence-corrected chi connectivity index (χ2v) is 4.20. The first-order chi connectivity index (χ1) is 7.09. The lowest BCUT2D eigenvalue weighted by molar-refractivity contribution is -0.119. The molecule has 1 rings (SSSR count). The summed E-state index contributed by atoms with van der Waals surface area (Å²) in [6, 6.07) is -0.501. The largest absolute Gasteiger partial charge is 0.381 e. The van der Waals surface area contributed by atoms with Gasteiger partial charge in [0, 0.05) is 19.1 Å². The van der Waals surface area contributed by atoms with Crippen LogP contribution in [-0.2, 0) is 9.53 Å². The summed E-state index contributed by atoms with van der Waals surface area (Å²) in [5.74, 6) is -0.142. The van der Waals surface area contributed by atoms with Gasteiger partial charge in [0.25, 0.3) is 0 Å². The molecule has 0 radical (unpaired) electrons. The summed E-state index contributed by atoms with van der Waals surface area (Å²) < 4.78 is 5.15. The van der Waals surface area contributed by atoms with Crippen molar-refractivity contribution in [1.82, 2.24) is 10.6 Å². The average Bonchev–Trinajstić information content (AvgIpc) is 2.66. The number of nitrogens with one attached hydrogen (secondary N) is 2. The minimum absolute atomic E-state index is 0.347. The Balaban J connectivity index is 2.15. The van der Waals surface area contributed by atoms with Crippen LogP contribution >= 0.6 is 11.6 Å². The van der Waals surface area contributed by atoms with Crippen LogP contribution in [-0.4, -0.2) is 37.1 Å². The summed E-state index contributed by atoms with van der Waals surface area (Å²) in [6.45, 7) is 3.44. The first-order valence-corrected chi connectivity index (χ1v) is 5.33. The van der Waals surface area contributed by atoms with Crippen LogP contribution in [0.15, 0.2) is 0 Å². The number of hydrogen-bond acceptors (Lipinski definition) is 3. The molecule has 0 aliphatic carbocycles. The highest BCUT2D eigenvalue weighted by atomic mass is 35.5. The van der Waals surface area contributed by atoms with Gasteiger partial charge in [-0.1, -0.05) is 0 Å². The second kappa shape index (κ2) is 5.92. The number of amides is 3. The van der Waals surface area contributed by atoms with Crippen molar-refractivity contribution in [2.24, 2.45) is 5.92 Å². The monoisotopic (exact) mass is 234 g/mol. The molecule has 1 fully saturated rings. The molecular formula is C9H15ClN2O3. The Hall–Kier alpha value is -0.810. The molecule has 3 amide bonds. The molecule has 0 aromatic rings. The third-order valence-electron chi connectivity index (χ3n) is 2.17. The lowest BCUT2D eigenvalue weighted by Gasteiger charge is -2.10. The van der Waals surface area contributed by atoms with Gasteiger partial charge in [-0.3, -0.25) is 10.1 Å². The molecule has 15 heavy (non-hydrogen) atoms. The predicted octanol–water partition coefficient (Wildman–Crippen LogP) is 0.476. The minimum Gasteiger partial charge on any atom is -0.381 e. The quantitative estimate of drug-likeness (QED) is 0.698. The third-order valence-corrected chi connectivity index (χ3v) is 2.37. The molecule has 0 aromatic heterocycles. The van der Waals surface area contributed by atoms with E-state index in [1.807, 2.05) is 0 Å². The van der Waals surface area contributed by atoms with Crippen LogP contribution in [0.25, 0.3) is 0 Å². The molecular weight excluding hydrogens is 220 g/mol. The predicted molar refractivity (Wildman–Crippen MR) is 55.8 cm³/mol. The van der Waals surface area contributed by atoms with E-state index < -0.39 is 17.3 Å². The maximum Gasteiger partial charge on any atom is 0.321 e. The van der Waals surface area contributed by atoms with Gasteiger partial charge in [-0.15, -0.1) is 11.6 Å². The molecule has 0 aromatic carbocycles. The van der Waals surface area contributed by atoms with E-state index in [4.69, 9.17) is 16.3 Å². The summed E-state index contributed by atoms with van der Waals surface area (Å²) in [7, 11) is 0. The molecule has 2 atom stereocenters. The average molecular weight is 235 g/mol. The summed E-state index contributed by atoms with van der Waals surface area (Å²) in [4.78, 5) is 22.2. The molecule has 2 unspecified atom stereocenters. The topological polar surface area (TPSA) is 67.4 Å². The van der Waals surface area contributed by atoms with Crippen molar-refractivity contribution in [3.8, 4) is 0 Å². The lowest BCUT2D eigenvalue weighted by Crippen LogP contribution is -2.43. The number of carbonyl (C=O) groups is 2. The molecule has 5 nitrogen and oxygen atoms in total. The highest BCUT2D eigenvalue weighted by molar-refractivity contribution is 6.31. The molecule has 86 valence electrons. The molecule has 0 spiro atoms. The van der Waals surface area contributed by atoms with Gasteiger partial charge in [0.05, 0.1) is 6.61 Å². The summed E-state index contributed by atoms with van der Waals surface area (Å²) >= 11 is 5.49. The van der Waals surface area contributed by atoms with Gasteiger partial charge in [0.1, 0.15) is 5.38 Å². The molecule has 1 heterocycles. The summed E-state index contributed by atoms with van der Waals surface area (Å²) in [6.07, 6.45) is 0.945.